The van der Waals surface area contributed by atoms with Gasteiger partial charge in [0.15, 0.2) is 0 Å². The molecular formula is C24H40N4O3. The summed E-state index contributed by atoms with van der Waals surface area (Å²) in [5, 5.41) is 5.70. The van der Waals surface area contributed by atoms with Gasteiger partial charge in [-0.3, -0.25) is 14.4 Å². The summed E-state index contributed by atoms with van der Waals surface area (Å²) in [7, 11) is 3.98. The minimum atomic E-state index is -0.513. The van der Waals surface area contributed by atoms with Gasteiger partial charge < -0.3 is 20.1 Å². The molecule has 174 valence electrons. The van der Waals surface area contributed by atoms with Gasteiger partial charge in [-0.2, -0.15) is 0 Å². The van der Waals surface area contributed by atoms with Gasteiger partial charge in [0.05, 0.1) is 0 Å². The predicted molar refractivity (Wildman–Crippen MR) is 125 cm³/mol. The van der Waals surface area contributed by atoms with Crippen LogP contribution in [0.15, 0.2) is 17.2 Å². The normalized spacial score (nSPS) is 15.4. The lowest BCUT2D eigenvalue weighted by Gasteiger charge is -2.28. The first-order valence-corrected chi connectivity index (χ1v) is 11.5. The van der Waals surface area contributed by atoms with Gasteiger partial charge in [-0.25, -0.2) is 0 Å². The molecule has 2 rings (SSSR count). The average molecular weight is 433 g/mol. The second kappa shape index (κ2) is 10.9. The van der Waals surface area contributed by atoms with E-state index in [1.165, 1.54) is 19.3 Å². The summed E-state index contributed by atoms with van der Waals surface area (Å²) in [4.78, 5) is 40.7. The van der Waals surface area contributed by atoms with Gasteiger partial charge in [-0.05, 0) is 52.1 Å². The molecule has 1 aromatic rings. The number of pyridine rings is 1. The molecular weight excluding hydrogens is 392 g/mol. The zero-order valence-electron chi connectivity index (χ0n) is 20.1. The van der Waals surface area contributed by atoms with Gasteiger partial charge >= 0.3 is 0 Å². The molecule has 0 aliphatic heterocycles. The maximum absolute atomic E-state index is 13.0. The van der Waals surface area contributed by atoms with Crippen molar-refractivity contribution in [3.05, 3.63) is 33.7 Å². The highest BCUT2D eigenvalue weighted by atomic mass is 16.2. The van der Waals surface area contributed by atoms with E-state index in [-0.39, 0.29) is 22.6 Å². The fourth-order valence-corrected chi connectivity index (χ4v) is 4.39. The van der Waals surface area contributed by atoms with E-state index in [2.05, 4.69) is 29.4 Å². The highest BCUT2D eigenvalue weighted by Crippen LogP contribution is 2.25. The van der Waals surface area contributed by atoms with Crippen molar-refractivity contribution in [2.24, 2.45) is 11.3 Å². The molecule has 1 aliphatic rings. The monoisotopic (exact) mass is 432 g/mol. The van der Waals surface area contributed by atoms with Crippen LogP contribution in [0, 0.1) is 11.3 Å². The number of hydrogen-bond donors (Lipinski definition) is 2. The number of amides is 2. The Hall–Kier alpha value is -2.15. The third-order valence-corrected chi connectivity index (χ3v) is 5.65. The molecule has 0 atom stereocenters. The van der Waals surface area contributed by atoms with Crippen LogP contribution in [-0.4, -0.2) is 54.5 Å². The van der Waals surface area contributed by atoms with Crippen LogP contribution in [0.1, 0.15) is 80.5 Å². The molecule has 0 saturated heterocycles. The molecule has 1 aromatic heterocycles. The Kier molecular flexibility index (Phi) is 8.86. The summed E-state index contributed by atoms with van der Waals surface area (Å²) >= 11 is 0. The first-order valence-electron chi connectivity index (χ1n) is 11.5. The van der Waals surface area contributed by atoms with E-state index in [1.54, 1.807) is 12.4 Å². The van der Waals surface area contributed by atoms with Crippen molar-refractivity contribution in [1.82, 2.24) is 20.1 Å². The Labute approximate surface area is 186 Å². The Morgan fingerprint density at radius 2 is 1.68 bits per heavy atom. The standard InChI is InChI=1S/C24H40N4O3/c1-17(2)26-23(31)20-14-28(12-18-10-8-7-9-11-18)13-19(21(20)29)22(30)25-15-24(3,4)16-27(5)6/h13-14,17-18H,7-12,15-16H2,1-6H3,(H,25,30)(H,26,31). The smallest absolute Gasteiger partial charge is 0.256 e. The molecule has 0 unspecified atom stereocenters. The molecule has 1 heterocycles. The van der Waals surface area contributed by atoms with Gasteiger partial charge in [-0.1, -0.05) is 33.1 Å². The molecule has 0 radical (unpaired) electrons. The summed E-state index contributed by atoms with van der Waals surface area (Å²) < 4.78 is 1.87. The second-order valence-electron chi connectivity index (χ2n) is 10.3. The minimum absolute atomic E-state index is 0.0321. The molecule has 0 aromatic carbocycles. The highest BCUT2D eigenvalue weighted by molar-refractivity contribution is 5.99. The third kappa shape index (κ3) is 7.80. The molecule has 1 aliphatic carbocycles. The number of carbonyl (C=O) groups excluding carboxylic acids is 2. The van der Waals surface area contributed by atoms with Crippen molar-refractivity contribution in [1.29, 1.82) is 0 Å². The Morgan fingerprint density at radius 3 is 2.23 bits per heavy atom. The molecule has 7 heteroatoms. The number of rotatable bonds is 9. The topological polar surface area (TPSA) is 83.4 Å². The number of nitrogens with zero attached hydrogens (tertiary/aromatic N) is 2. The second-order valence-corrected chi connectivity index (χ2v) is 10.3. The third-order valence-electron chi connectivity index (χ3n) is 5.65. The van der Waals surface area contributed by atoms with E-state index in [1.807, 2.05) is 32.5 Å². The molecule has 7 nitrogen and oxygen atoms in total. The fourth-order valence-electron chi connectivity index (χ4n) is 4.39. The van der Waals surface area contributed by atoms with Crippen LogP contribution >= 0.6 is 0 Å². The van der Waals surface area contributed by atoms with Crippen LogP contribution in [0.2, 0.25) is 0 Å². The van der Waals surface area contributed by atoms with E-state index < -0.39 is 17.2 Å². The van der Waals surface area contributed by atoms with Crippen molar-refractivity contribution >= 4 is 11.8 Å². The van der Waals surface area contributed by atoms with Crippen LogP contribution in [0.5, 0.6) is 0 Å². The lowest BCUT2D eigenvalue weighted by molar-refractivity contribution is 0.0927. The van der Waals surface area contributed by atoms with Gasteiger partial charge in [-0.15, -0.1) is 0 Å². The SMILES string of the molecule is CC(C)NC(=O)c1cn(CC2CCCCC2)cc(C(=O)NCC(C)(C)CN(C)C)c1=O. The Morgan fingerprint density at radius 1 is 1.10 bits per heavy atom. The minimum Gasteiger partial charge on any atom is -0.352 e. The van der Waals surface area contributed by atoms with Crippen LogP contribution in [-0.2, 0) is 6.54 Å². The van der Waals surface area contributed by atoms with E-state index >= 15 is 0 Å². The molecule has 2 N–H and O–H groups in total. The first kappa shape index (κ1) is 25.1. The largest absolute Gasteiger partial charge is 0.352 e. The number of nitrogens with one attached hydrogen (secondary N) is 2. The van der Waals surface area contributed by atoms with Gasteiger partial charge in [0.25, 0.3) is 11.8 Å². The van der Waals surface area contributed by atoms with Crippen LogP contribution in [0.4, 0.5) is 0 Å². The highest BCUT2D eigenvalue weighted by Gasteiger charge is 2.24. The maximum Gasteiger partial charge on any atom is 0.256 e. The molecule has 31 heavy (non-hydrogen) atoms. The number of carbonyl (C=O) groups is 2. The lowest BCUT2D eigenvalue weighted by atomic mass is 9.89. The lowest BCUT2D eigenvalue weighted by Crippen LogP contribution is -2.42. The fraction of sp³-hybridized carbons (Fsp3) is 0.708. The molecule has 0 spiro atoms. The van der Waals surface area contributed by atoms with Crippen molar-refractivity contribution in [2.75, 3.05) is 27.2 Å². The Bertz CT molecular complexity index is 821. The summed E-state index contributed by atoms with van der Waals surface area (Å²) in [5.41, 5.74) is -0.592. The molecule has 1 saturated carbocycles. The van der Waals surface area contributed by atoms with Gasteiger partial charge in [0.1, 0.15) is 11.1 Å². The predicted octanol–water partition coefficient (Wildman–Crippen LogP) is 2.88. The Balaban J connectivity index is 2.30. The van der Waals surface area contributed by atoms with E-state index in [0.717, 1.165) is 19.4 Å². The number of aromatic nitrogens is 1. The molecule has 2 amide bonds. The summed E-state index contributed by atoms with van der Waals surface area (Å²) in [6.07, 6.45) is 9.19. The van der Waals surface area contributed by atoms with Gasteiger partial charge in [0, 0.05) is 38.1 Å². The molecule has 0 bridgehead atoms. The zero-order valence-corrected chi connectivity index (χ0v) is 20.1. The van der Waals surface area contributed by atoms with Crippen molar-refractivity contribution in [3.63, 3.8) is 0 Å². The summed E-state index contributed by atoms with van der Waals surface area (Å²) in [6.45, 7) is 9.80. The van der Waals surface area contributed by atoms with Crippen LogP contribution in [0.3, 0.4) is 0 Å². The van der Waals surface area contributed by atoms with E-state index in [9.17, 15) is 14.4 Å². The van der Waals surface area contributed by atoms with Crippen molar-refractivity contribution < 1.29 is 9.59 Å². The zero-order chi connectivity index (χ0) is 23.2. The summed E-state index contributed by atoms with van der Waals surface area (Å²) in [5.74, 6) is -0.347. The quantitative estimate of drug-likeness (QED) is 0.629. The summed E-state index contributed by atoms with van der Waals surface area (Å²) in [6, 6.07) is -0.0944. The maximum atomic E-state index is 13.0. The van der Waals surface area contributed by atoms with Crippen molar-refractivity contribution in [2.45, 2.75) is 72.4 Å². The first-order chi connectivity index (χ1) is 14.5. The van der Waals surface area contributed by atoms with Crippen LogP contribution in [0.25, 0.3) is 0 Å². The average Bonchev–Trinajstić information content (AvgIpc) is 2.66. The van der Waals surface area contributed by atoms with E-state index in [4.69, 9.17) is 0 Å². The number of hydrogen-bond acceptors (Lipinski definition) is 4. The van der Waals surface area contributed by atoms with Gasteiger partial charge in [0.2, 0.25) is 5.43 Å². The van der Waals surface area contributed by atoms with E-state index in [0.29, 0.717) is 19.0 Å². The molecule has 1 fully saturated rings. The van der Waals surface area contributed by atoms with Crippen LogP contribution < -0.4 is 16.1 Å². The van der Waals surface area contributed by atoms with Crippen molar-refractivity contribution in [3.8, 4) is 0 Å².